The molecule has 0 amide bonds. The molecule has 4 aromatic rings. The molecule has 0 atom stereocenters. The summed E-state index contributed by atoms with van der Waals surface area (Å²) in [6.07, 6.45) is 1.05. The monoisotopic (exact) mass is 552 g/mol. The van der Waals surface area contributed by atoms with Crippen LogP contribution in [0.4, 0.5) is 0 Å². The van der Waals surface area contributed by atoms with Crippen LogP contribution >= 0.6 is 0 Å². The molecule has 4 heteroatoms. The molecule has 1 aliphatic carbocycles. The number of hydrogen-bond donors (Lipinski definition) is 0. The maximum Gasteiger partial charge on any atom is -0.0253 e. The Balaban J connectivity index is 0.000000242. The van der Waals surface area contributed by atoms with Crippen LogP contribution < -0.4 is 30.0 Å². The summed E-state index contributed by atoms with van der Waals surface area (Å²) in [4.78, 5) is 0. The van der Waals surface area contributed by atoms with E-state index in [4.69, 9.17) is 0 Å². The van der Waals surface area contributed by atoms with Crippen LogP contribution in [0.25, 0.3) is 11.1 Å². The van der Waals surface area contributed by atoms with Crippen LogP contribution in [0.5, 0.6) is 0 Å². The van der Waals surface area contributed by atoms with E-state index in [1.165, 1.54) is 27.8 Å². The first-order valence-corrected chi connectivity index (χ1v) is 16.1. The van der Waals surface area contributed by atoms with Gasteiger partial charge in [0.2, 0.25) is 0 Å². The smallest absolute Gasteiger partial charge is 0.0253 e. The minimum Gasteiger partial charge on any atom is -1.00 e. The predicted molar refractivity (Wildman–Crippen MR) is 127 cm³/mol. The Morgan fingerprint density at radius 1 is 0.875 bits per heavy atom. The van der Waals surface area contributed by atoms with E-state index in [1.54, 1.807) is 28.5 Å². The Morgan fingerprint density at radius 2 is 1.53 bits per heavy atom. The van der Waals surface area contributed by atoms with Gasteiger partial charge in [-0.25, -0.2) is 6.07 Å². The van der Waals surface area contributed by atoms with Crippen molar-refractivity contribution in [3.8, 4) is 11.1 Å². The minimum atomic E-state index is -0.122. The van der Waals surface area contributed by atoms with Gasteiger partial charge in [-0.1, -0.05) is 55.2 Å². The van der Waals surface area contributed by atoms with Crippen molar-refractivity contribution in [1.82, 2.24) is 0 Å². The van der Waals surface area contributed by atoms with E-state index in [0.717, 1.165) is 6.42 Å². The molecule has 0 N–H and O–H groups in total. The summed E-state index contributed by atoms with van der Waals surface area (Å²) in [5, 5.41) is 1.56. The quantitative estimate of drug-likeness (QED) is 0.222. The fourth-order valence-corrected chi connectivity index (χ4v) is 5.38. The van der Waals surface area contributed by atoms with Gasteiger partial charge in [-0.15, -0.1) is 5.56 Å². The van der Waals surface area contributed by atoms with Crippen LogP contribution in [0.15, 0.2) is 97.1 Å². The molecule has 0 saturated carbocycles. The van der Waals surface area contributed by atoms with Gasteiger partial charge >= 0.3 is 70.8 Å². The van der Waals surface area contributed by atoms with E-state index >= 15 is 0 Å². The van der Waals surface area contributed by atoms with Gasteiger partial charge in [0.15, 0.2) is 0 Å². The Labute approximate surface area is 221 Å². The van der Waals surface area contributed by atoms with Crippen molar-refractivity contribution in [3.05, 3.63) is 120 Å². The molecule has 0 radical (unpaired) electrons. The summed E-state index contributed by atoms with van der Waals surface area (Å²) < 4.78 is 0. The number of benzene rings is 3. The van der Waals surface area contributed by atoms with Gasteiger partial charge in [0.05, 0.1) is 0 Å². The molecule has 0 heterocycles. The van der Waals surface area contributed by atoms with E-state index in [2.05, 4.69) is 117 Å². The van der Waals surface area contributed by atoms with Crippen LogP contribution in [0.1, 0.15) is 36.5 Å². The second kappa shape index (κ2) is 14.8. The van der Waals surface area contributed by atoms with E-state index in [0.29, 0.717) is 5.92 Å². The minimum absolute atomic E-state index is 0. The van der Waals surface area contributed by atoms with Crippen molar-refractivity contribution >= 4 is 10.6 Å². The number of hydrogen-bond acceptors (Lipinski definition) is 0. The molecular formula is C28H28Cl2SiZr-2. The van der Waals surface area contributed by atoms with Gasteiger partial charge in [-0.2, -0.15) is 53.6 Å². The molecule has 5 rings (SSSR count). The zero-order valence-electron chi connectivity index (χ0n) is 18.8. The molecule has 4 aromatic carbocycles. The molecule has 0 spiro atoms. The molecule has 0 aliphatic heterocycles. The van der Waals surface area contributed by atoms with Gasteiger partial charge in [0.1, 0.15) is 0 Å². The average Bonchev–Trinajstić information content (AvgIpc) is 3.44. The molecule has 0 aromatic heterocycles. The molecule has 1 aliphatic rings. The van der Waals surface area contributed by atoms with Gasteiger partial charge in [0.25, 0.3) is 0 Å². The largest absolute Gasteiger partial charge is 1.00 e. The van der Waals surface area contributed by atoms with Gasteiger partial charge in [-0.3, -0.25) is 0 Å². The molecule has 0 saturated heterocycles. The third kappa shape index (κ3) is 8.23. The number of halogens is 2. The Kier molecular flexibility index (Phi) is 13.2. The van der Waals surface area contributed by atoms with Gasteiger partial charge in [-0.05, 0) is 6.42 Å². The van der Waals surface area contributed by atoms with Crippen molar-refractivity contribution in [2.24, 2.45) is 0 Å². The molecule has 0 bridgehead atoms. The predicted octanol–water partition coefficient (Wildman–Crippen LogP) is 0.657. The third-order valence-electron chi connectivity index (χ3n) is 5.18. The van der Waals surface area contributed by atoms with E-state index in [1.807, 2.05) is 6.07 Å². The summed E-state index contributed by atoms with van der Waals surface area (Å²) in [6.45, 7) is 6.75. The summed E-state index contributed by atoms with van der Waals surface area (Å²) in [5.74, 6) is 0.685. The van der Waals surface area contributed by atoms with E-state index in [9.17, 15) is 0 Å². The Bertz CT molecular complexity index is 1030. The Morgan fingerprint density at radius 3 is 2.09 bits per heavy atom. The second-order valence-corrected chi connectivity index (χ2v) is 15.1. The van der Waals surface area contributed by atoms with Gasteiger partial charge in [0, 0.05) is 0 Å². The Hall–Kier alpha value is -1.31. The van der Waals surface area contributed by atoms with Crippen molar-refractivity contribution in [1.29, 1.82) is 0 Å². The van der Waals surface area contributed by atoms with E-state index in [-0.39, 0.29) is 30.2 Å². The van der Waals surface area contributed by atoms with E-state index < -0.39 is 0 Å². The first-order valence-electron chi connectivity index (χ1n) is 10.5. The van der Waals surface area contributed by atoms with Crippen LogP contribution in [0.3, 0.4) is 0 Å². The van der Waals surface area contributed by atoms with Crippen molar-refractivity contribution in [2.45, 2.75) is 32.7 Å². The molecular weight excluding hydrogens is 527 g/mol. The molecule has 0 fully saturated rings. The second-order valence-electron chi connectivity index (χ2n) is 7.76. The third-order valence-corrected chi connectivity index (χ3v) is 8.51. The van der Waals surface area contributed by atoms with Crippen LogP contribution in [-0.2, 0) is 29.8 Å². The maximum atomic E-state index is 3.30. The van der Waals surface area contributed by atoms with Crippen molar-refractivity contribution < 1.29 is 48.1 Å². The van der Waals surface area contributed by atoms with Crippen LogP contribution in [0.2, 0.25) is 6.55 Å². The zero-order chi connectivity index (χ0) is 21.3. The summed E-state index contributed by atoms with van der Waals surface area (Å²) in [5.41, 5.74) is 6.82. The van der Waals surface area contributed by atoms with Crippen LogP contribution in [0, 0.1) is 6.07 Å². The standard InChI is InChI=1S/C13H9.C8H11.C7H8Si.2ClH.Zr/c1-3-7-12-10(5-1)9-11-6-2-4-8-13(11)12;1-7(2)8-5-3-4-6-8;1-8-7-5-3-2-4-6-7;;;/h1-5,7-8H,9H2;3-7H,1-2H3;2-6H,1H3;2*1H;/q2*-1;;;;+2/p-2. The molecule has 0 nitrogen and oxygen atoms in total. The summed E-state index contributed by atoms with van der Waals surface area (Å²) in [6, 6.07) is 37.3. The molecule has 164 valence electrons. The fourth-order valence-electron chi connectivity index (χ4n) is 3.46. The number of fused-ring (bicyclic) bond motifs is 3. The van der Waals surface area contributed by atoms with Crippen LogP contribution in [-0.4, -0.2) is 5.43 Å². The van der Waals surface area contributed by atoms with Gasteiger partial charge < -0.3 is 24.8 Å². The SMILES string of the molecule is CC(C)c1cc[cH-]c1.C[Si](=[Zr+2])c1ccccc1.[Cl-].[Cl-].[c-]1cccc2c1Cc1ccccc1-2. The zero-order valence-corrected chi connectivity index (χ0v) is 23.7. The van der Waals surface area contributed by atoms with Crippen molar-refractivity contribution in [3.63, 3.8) is 0 Å². The topological polar surface area (TPSA) is 0 Å². The normalized spacial score (nSPS) is 10.2. The average molecular weight is 555 g/mol. The number of rotatable bonds is 2. The fraction of sp³-hybridized carbons (Fsp3) is 0.179. The molecule has 32 heavy (non-hydrogen) atoms. The maximum absolute atomic E-state index is 3.30. The molecule has 0 unspecified atom stereocenters. The first kappa shape index (κ1) is 28.7. The summed E-state index contributed by atoms with van der Waals surface area (Å²) in [7, 11) is 0. The first-order chi connectivity index (χ1) is 14.6. The summed E-state index contributed by atoms with van der Waals surface area (Å²) >= 11 is 1.69. The van der Waals surface area contributed by atoms with Crippen molar-refractivity contribution in [2.75, 3.05) is 0 Å².